The Morgan fingerprint density at radius 2 is 1.43 bits per heavy atom. The summed E-state index contributed by atoms with van der Waals surface area (Å²) in [6, 6.07) is 29.6. The Balaban J connectivity index is 1.58. The van der Waals surface area contributed by atoms with Crippen LogP contribution in [0.3, 0.4) is 0 Å². The van der Waals surface area contributed by atoms with E-state index >= 15 is 0 Å². The Kier molecular flexibility index (Phi) is 8.87. The van der Waals surface area contributed by atoms with Gasteiger partial charge >= 0.3 is 0 Å². The van der Waals surface area contributed by atoms with E-state index in [0.717, 1.165) is 14.9 Å². The number of para-hydroxylation sites is 1. The van der Waals surface area contributed by atoms with Crippen molar-refractivity contribution in [3.63, 3.8) is 0 Å². The molecular weight excluding hydrogens is 552 g/mol. The van der Waals surface area contributed by atoms with Crippen molar-refractivity contribution in [1.29, 1.82) is 0 Å². The minimum Gasteiger partial charge on any atom is -0.496 e. The lowest BCUT2D eigenvalue weighted by molar-refractivity contribution is -0.115. The fourth-order valence-electron chi connectivity index (χ4n) is 3.71. The molecule has 0 fully saturated rings. The van der Waals surface area contributed by atoms with Crippen molar-refractivity contribution in [3.05, 3.63) is 113 Å². The smallest absolute Gasteiger partial charge is 0.263 e. The molecule has 0 bridgehead atoms. The second-order valence-electron chi connectivity index (χ2n) is 7.90. The number of hydrogen-bond donors (Lipinski definition) is 2. The SMILES string of the molecule is COc1cccc(OC)c1C(=O)Nc1cccc(SC(C(=O)Nc2ccccc2Br)c2ccccc2)c1. The molecule has 37 heavy (non-hydrogen) atoms. The number of thioether (sulfide) groups is 1. The van der Waals surface area contributed by atoms with Gasteiger partial charge in [-0.05, 0) is 64.0 Å². The molecule has 8 heteroatoms. The minimum absolute atomic E-state index is 0.156. The molecule has 0 radical (unpaired) electrons. The molecule has 2 amide bonds. The molecule has 1 atom stereocenters. The van der Waals surface area contributed by atoms with Gasteiger partial charge in [0.2, 0.25) is 5.91 Å². The van der Waals surface area contributed by atoms with Gasteiger partial charge in [0.05, 0.1) is 19.9 Å². The molecule has 4 rings (SSSR count). The van der Waals surface area contributed by atoms with E-state index in [1.165, 1.54) is 26.0 Å². The highest BCUT2D eigenvalue weighted by molar-refractivity contribution is 9.10. The lowest BCUT2D eigenvalue weighted by Gasteiger charge is -2.18. The quantitative estimate of drug-likeness (QED) is 0.206. The zero-order valence-corrected chi connectivity index (χ0v) is 22.6. The second-order valence-corrected chi connectivity index (χ2v) is 9.93. The van der Waals surface area contributed by atoms with Crippen molar-refractivity contribution in [3.8, 4) is 11.5 Å². The van der Waals surface area contributed by atoms with Crippen LogP contribution in [0.1, 0.15) is 21.2 Å². The molecule has 0 aliphatic carbocycles. The molecule has 6 nitrogen and oxygen atoms in total. The van der Waals surface area contributed by atoms with E-state index in [-0.39, 0.29) is 11.8 Å². The first-order chi connectivity index (χ1) is 18.0. The normalized spacial score (nSPS) is 11.3. The molecule has 0 aliphatic rings. The van der Waals surface area contributed by atoms with Crippen LogP contribution in [0.2, 0.25) is 0 Å². The maximum Gasteiger partial charge on any atom is 0.263 e. The molecule has 0 heterocycles. The Bertz CT molecular complexity index is 1380. The third-order valence-corrected chi connectivity index (χ3v) is 7.41. The zero-order chi connectivity index (χ0) is 26.2. The summed E-state index contributed by atoms with van der Waals surface area (Å²) in [5.74, 6) is 0.310. The Hall–Kier alpha value is -3.75. The van der Waals surface area contributed by atoms with Crippen LogP contribution >= 0.6 is 27.7 Å². The highest BCUT2D eigenvalue weighted by Crippen LogP contribution is 2.38. The van der Waals surface area contributed by atoms with E-state index in [1.807, 2.05) is 72.8 Å². The molecule has 0 aromatic heterocycles. The maximum absolute atomic E-state index is 13.4. The summed E-state index contributed by atoms with van der Waals surface area (Å²) in [6.45, 7) is 0. The molecule has 0 saturated carbocycles. The third kappa shape index (κ3) is 6.53. The number of amides is 2. The molecule has 2 N–H and O–H groups in total. The number of rotatable bonds is 9. The summed E-state index contributed by atoms with van der Waals surface area (Å²) in [4.78, 5) is 27.4. The van der Waals surface area contributed by atoms with Gasteiger partial charge in [-0.3, -0.25) is 9.59 Å². The highest BCUT2D eigenvalue weighted by Gasteiger charge is 2.23. The van der Waals surface area contributed by atoms with Crippen molar-refractivity contribution >= 4 is 50.9 Å². The van der Waals surface area contributed by atoms with Crippen LogP contribution in [-0.4, -0.2) is 26.0 Å². The molecule has 0 saturated heterocycles. The molecule has 4 aromatic carbocycles. The number of benzene rings is 4. The van der Waals surface area contributed by atoms with Gasteiger partial charge in [-0.25, -0.2) is 0 Å². The Morgan fingerprint density at radius 3 is 2.11 bits per heavy atom. The lowest BCUT2D eigenvalue weighted by atomic mass is 10.1. The van der Waals surface area contributed by atoms with Gasteiger partial charge in [0, 0.05) is 15.1 Å². The molecule has 0 aliphatic heterocycles. The van der Waals surface area contributed by atoms with Gasteiger partial charge in [0.15, 0.2) is 0 Å². The van der Waals surface area contributed by atoms with Crippen LogP contribution in [0.25, 0.3) is 0 Å². The number of ether oxygens (including phenoxy) is 2. The average molecular weight is 578 g/mol. The van der Waals surface area contributed by atoms with Crippen molar-refractivity contribution in [2.45, 2.75) is 10.1 Å². The summed E-state index contributed by atoms with van der Waals surface area (Å²) in [5, 5.41) is 5.42. The number of hydrogen-bond acceptors (Lipinski definition) is 5. The summed E-state index contributed by atoms with van der Waals surface area (Å²) < 4.78 is 11.5. The Morgan fingerprint density at radius 1 is 0.784 bits per heavy atom. The van der Waals surface area contributed by atoms with Gasteiger partial charge in [0.25, 0.3) is 5.91 Å². The number of carbonyl (C=O) groups is 2. The lowest BCUT2D eigenvalue weighted by Crippen LogP contribution is -2.19. The molecular formula is C29H25BrN2O4S. The van der Waals surface area contributed by atoms with Gasteiger partial charge in [-0.2, -0.15) is 0 Å². The first kappa shape index (κ1) is 26.3. The van der Waals surface area contributed by atoms with Crippen molar-refractivity contribution in [1.82, 2.24) is 0 Å². The number of nitrogens with one attached hydrogen (secondary N) is 2. The fraction of sp³-hybridized carbons (Fsp3) is 0.103. The number of anilines is 2. The minimum atomic E-state index is -0.520. The van der Waals surface area contributed by atoms with E-state index < -0.39 is 5.25 Å². The van der Waals surface area contributed by atoms with Crippen LogP contribution in [0.15, 0.2) is 106 Å². The zero-order valence-electron chi connectivity index (χ0n) is 20.2. The standard InChI is InChI=1S/C29H25BrN2O4S/c1-35-24-16-9-17-25(36-2)26(24)28(33)31-20-12-8-13-21(18-20)37-27(19-10-4-3-5-11-19)29(34)32-23-15-7-6-14-22(23)30/h3-18,27H,1-2H3,(H,31,33)(H,32,34). The van der Waals surface area contributed by atoms with E-state index in [0.29, 0.717) is 28.4 Å². The van der Waals surface area contributed by atoms with E-state index in [1.54, 1.807) is 24.3 Å². The van der Waals surface area contributed by atoms with Gasteiger partial charge in [0.1, 0.15) is 22.3 Å². The first-order valence-corrected chi connectivity index (χ1v) is 13.1. The fourth-order valence-corrected chi connectivity index (χ4v) is 5.18. The predicted molar refractivity (Wildman–Crippen MR) is 152 cm³/mol. The summed E-state index contributed by atoms with van der Waals surface area (Å²) in [7, 11) is 3.01. The van der Waals surface area contributed by atoms with E-state index in [9.17, 15) is 9.59 Å². The van der Waals surface area contributed by atoms with Crippen molar-refractivity contribution in [2.24, 2.45) is 0 Å². The van der Waals surface area contributed by atoms with Gasteiger partial charge in [-0.15, -0.1) is 11.8 Å². The molecule has 188 valence electrons. The number of halogens is 1. The molecule has 1 unspecified atom stereocenters. The van der Waals surface area contributed by atoms with Crippen LogP contribution < -0.4 is 20.1 Å². The van der Waals surface area contributed by atoms with Crippen LogP contribution in [0.4, 0.5) is 11.4 Å². The van der Waals surface area contributed by atoms with E-state index in [4.69, 9.17) is 9.47 Å². The summed E-state index contributed by atoms with van der Waals surface area (Å²) in [6.07, 6.45) is 0. The van der Waals surface area contributed by atoms with Crippen LogP contribution in [-0.2, 0) is 4.79 Å². The van der Waals surface area contributed by atoms with Crippen LogP contribution in [0, 0.1) is 0 Å². The summed E-state index contributed by atoms with van der Waals surface area (Å²) >= 11 is 4.89. The maximum atomic E-state index is 13.4. The Labute approximate surface area is 228 Å². The topological polar surface area (TPSA) is 76.7 Å². The third-order valence-electron chi connectivity index (χ3n) is 5.47. The first-order valence-electron chi connectivity index (χ1n) is 11.4. The van der Waals surface area contributed by atoms with Gasteiger partial charge < -0.3 is 20.1 Å². The van der Waals surface area contributed by atoms with Crippen molar-refractivity contribution in [2.75, 3.05) is 24.9 Å². The summed E-state index contributed by atoms with van der Waals surface area (Å²) in [5.41, 5.74) is 2.45. The van der Waals surface area contributed by atoms with Gasteiger partial charge in [-0.1, -0.05) is 54.6 Å². The predicted octanol–water partition coefficient (Wildman–Crippen LogP) is 7.19. The van der Waals surface area contributed by atoms with E-state index in [2.05, 4.69) is 26.6 Å². The number of carbonyl (C=O) groups excluding carboxylic acids is 2. The molecule has 4 aromatic rings. The number of methoxy groups -OCH3 is 2. The van der Waals surface area contributed by atoms with Crippen molar-refractivity contribution < 1.29 is 19.1 Å². The highest BCUT2D eigenvalue weighted by atomic mass is 79.9. The average Bonchev–Trinajstić information content (AvgIpc) is 2.93. The monoisotopic (exact) mass is 576 g/mol. The second kappa shape index (κ2) is 12.5. The largest absolute Gasteiger partial charge is 0.496 e. The molecule has 0 spiro atoms. The van der Waals surface area contributed by atoms with Crippen LogP contribution in [0.5, 0.6) is 11.5 Å².